The number of rotatable bonds is 14. The van der Waals surface area contributed by atoms with Crippen LogP contribution in [0.4, 0.5) is 5.69 Å². The van der Waals surface area contributed by atoms with Crippen LogP contribution in [0.3, 0.4) is 0 Å². The number of anilines is 1. The van der Waals surface area contributed by atoms with Crippen molar-refractivity contribution in [2.45, 2.75) is 84.0 Å². The monoisotopic (exact) mass is 333 g/mol. The second kappa shape index (κ2) is 13.9. The number of benzene rings is 1. The Bertz CT molecular complexity index is 428. The van der Waals surface area contributed by atoms with Crippen LogP contribution in [-0.4, -0.2) is 12.6 Å². The molecular formula is C21H35NO2. The number of hydrogen-bond donors (Lipinski definition) is 1. The number of unbranched alkanes of at least 4 members (excludes halogenated alkanes) is 10. The van der Waals surface area contributed by atoms with Gasteiger partial charge in [-0.3, -0.25) is 4.79 Å². The summed E-state index contributed by atoms with van der Waals surface area (Å²) < 4.78 is 5.29. The Kier molecular flexibility index (Phi) is 11.9. The van der Waals surface area contributed by atoms with Crippen molar-refractivity contribution in [2.24, 2.45) is 0 Å². The van der Waals surface area contributed by atoms with Crippen molar-refractivity contribution in [3.8, 4) is 0 Å². The van der Waals surface area contributed by atoms with Gasteiger partial charge in [0.05, 0.1) is 13.0 Å². The normalized spacial score (nSPS) is 10.7. The standard InChI is InChI=1S/C21H35NO2/c1-2-3-4-5-6-7-8-9-10-11-12-17-24-21(23)18-19-13-15-20(22)16-14-19/h13-16H,2-12,17-18,22H2,1H3. The lowest BCUT2D eigenvalue weighted by molar-refractivity contribution is -0.142. The number of ether oxygens (including phenoxy) is 1. The Balaban J connectivity index is 1.87. The third kappa shape index (κ3) is 11.1. The Morgan fingerprint density at radius 3 is 1.88 bits per heavy atom. The molecule has 136 valence electrons. The molecule has 0 aliphatic heterocycles. The molecule has 0 aliphatic rings. The van der Waals surface area contributed by atoms with Crippen LogP contribution < -0.4 is 5.73 Å². The lowest BCUT2D eigenvalue weighted by Crippen LogP contribution is -2.09. The van der Waals surface area contributed by atoms with Gasteiger partial charge in [-0.25, -0.2) is 0 Å². The molecule has 0 atom stereocenters. The van der Waals surface area contributed by atoms with Crippen LogP contribution in [0.25, 0.3) is 0 Å². The van der Waals surface area contributed by atoms with Gasteiger partial charge >= 0.3 is 5.97 Å². The van der Waals surface area contributed by atoms with Gasteiger partial charge in [0.1, 0.15) is 0 Å². The van der Waals surface area contributed by atoms with E-state index < -0.39 is 0 Å². The number of nitrogen functional groups attached to an aromatic ring is 1. The number of esters is 1. The summed E-state index contributed by atoms with van der Waals surface area (Å²) in [7, 11) is 0. The molecule has 0 aliphatic carbocycles. The van der Waals surface area contributed by atoms with Crippen LogP contribution in [0.2, 0.25) is 0 Å². The van der Waals surface area contributed by atoms with E-state index in [9.17, 15) is 4.79 Å². The molecule has 0 saturated carbocycles. The molecule has 1 aromatic carbocycles. The molecule has 3 heteroatoms. The van der Waals surface area contributed by atoms with Crippen molar-refractivity contribution in [1.29, 1.82) is 0 Å². The van der Waals surface area contributed by atoms with E-state index in [-0.39, 0.29) is 5.97 Å². The van der Waals surface area contributed by atoms with Gasteiger partial charge < -0.3 is 10.5 Å². The van der Waals surface area contributed by atoms with Crippen molar-refractivity contribution >= 4 is 11.7 Å². The van der Waals surface area contributed by atoms with E-state index in [1.165, 1.54) is 57.8 Å². The highest BCUT2D eigenvalue weighted by atomic mass is 16.5. The molecule has 0 radical (unpaired) electrons. The van der Waals surface area contributed by atoms with E-state index in [1.54, 1.807) is 0 Å². The van der Waals surface area contributed by atoms with E-state index in [2.05, 4.69) is 6.92 Å². The largest absolute Gasteiger partial charge is 0.465 e. The summed E-state index contributed by atoms with van der Waals surface area (Å²) in [5.41, 5.74) is 7.29. The highest BCUT2D eigenvalue weighted by Crippen LogP contribution is 2.11. The minimum Gasteiger partial charge on any atom is -0.465 e. The highest BCUT2D eigenvalue weighted by Gasteiger charge is 2.04. The van der Waals surface area contributed by atoms with Crippen molar-refractivity contribution in [1.82, 2.24) is 0 Å². The fourth-order valence-corrected chi connectivity index (χ4v) is 2.81. The Morgan fingerprint density at radius 2 is 1.33 bits per heavy atom. The Labute approximate surface area is 148 Å². The molecule has 2 N–H and O–H groups in total. The second-order valence-corrected chi connectivity index (χ2v) is 6.67. The van der Waals surface area contributed by atoms with Crippen LogP contribution in [0, 0.1) is 0 Å². The predicted octanol–water partition coefficient (Wildman–Crippen LogP) is 5.67. The summed E-state index contributed by atoms with van der Waals surface area (Å²) in [5, 5.41) is 0. The van der Waals surface area contributed by atoms with Crippen LogP contribution in [-0.2, 0) is 16.0 Å². The maximum absolute atomic E-state index is 11.7. The SMILES string of the molecule is CCCCCCCCCCCCCOC(=O)Cc1ccc(N)cc1. The molecule has 1 rings (SSSR count). The van der Waals surface area contributed by atoms with E-state index in [1.807, 2.05) is 24.3 Å². The fourth-order valence-electron chi connectivity index (χ4n) is 2.81. The number of carbonyl (C=O) groups is 1. The summed E-state index contributed by atoms with van der Waals surface area (Å²) in [5.74, 6) is -0.146. The third-order valence-corrected chi connectivity index (χ3v) is 4.34. The Morgan fingerprint density at radius 1 is 0.833 bits per heavy atom. The van der Waals surface area contributed by atoms with Gasteiger partial charge in [0.2, 0.25) is 0 Å². The molecular weight excluding hydrogens is 298 g/mol. The summed E-state index contributed by atoms with van der Waals surface area (Å²) in [6.07, 6.45) is 14.7. The molecule has 0 amide bonds. The molecule has 0 unspecified atom stereocenters. The molecule has 24 heavy (non-hydrogen) atoms. The summed E-state index contributed by atoms with van der Waals surface area (Å²) in [6, 6.07) is 7.37. The molecule has 0 saturated heterocycles. The van der Waals surface area contributed by atoms with Crippen molar-refractivity contribution in [3.05, 3.63) is 29.8 Å². The summed E-state index contributed by atoms with van der Waals surface area (Å²) >= 11 is 0. The van der Waals surface area contributed by atoms with Crippen molar-refractivity contribution in [3.63, 3.8) is 0 Å². The first kappa shape index (κ1) is 20.5. The molecule has 0 heterocycles. The zero-order valence-corrected chi connectivity index (χ0v) is 15.4. The number of nitrogens with two attached hydrogens (primary N) is 1. The highest BCUT2D eigenvalue weighted by molar-refractivity contribution is 5.72. The summed E-state index contributed by atoms with van der Waals surface area (Å²) in [6.45, 7) is 2.81. The number of carbonyl (C=O) groups excluding carboxylic acids is 1. The predicted molar refractivity (Wildman–Crippen MR) is 102 cm³/mol. The minimum absolute atomic E-state index is 0.146. The van der Waals surface area contributed by atoms with E-state index >= 15 is 0 Å². The molecule has 1 aromatic rings. The van der Waals surface area contributed by atoms with Crippen molar-refractivity contribution in [2.75, 3.05) is 12.3 Å². The average Bonchev–Trinajstić information content (AvgIpc) is 2.58. The Hall–Kier alpha value is -1.51. The summed E-state index contributed by atoms with van der Waals surface area (Å²) in [4.78, 5) is 11.7. The van der Waals surface area contributed by atoms with Gasteiger partial charge in [0.15, 0.2) is 0 Å². The van der Waals surface area contributed by atoms with E-state index in [4.69, 9.17) is 10.5 Å². The molecule has 3 nitrogen and oxygen atoms in total. The van der Waals surface area contributed by atoms with Gasteiger partial charge in [-0.05, 0) is 24.1 Å². The van der Waals surface area contributed by atoms with Gasteiger partial charge in [0.25, 0.3) is 0 Å². The average molecular weight is 334 g/mol. The van der Waals surface area contributed by atoms with Crippen LogP contribution in [0.15, 0.2) is 24.3 Å². The molecule has 0 spiro atoms. The van der Waals surface area contributed by atoms with Gasteiger partial charge in [0, 0.05) is 5.69 Å². The van der Waals surface area contributed by atoms with Crippen molar-refractivity contribution < 1.29 is 9.53 Å². The van der Waals surface area contributed by atoms with Gasteiger partial charge in [-0.2, -0.15) is 0 Å². The maximum atomic E-state index is 11.7. The van der Waals surface area contributed by atoms with E-state index in [0.29, 0.717) is 18.7 Å². The number of hydrogen-bond acceptors (Lipinski definition) is 3. The minimum atomic E-state index is -0.146. The molecule has 0 aromatic heterocycles. The third-order valence-electron chi connectivity index (χ3n) is 4.34. The molecule has 0 fully saturated rings. The first-order chi connectivity index (χ1) is 11.7. The van der Waals surface area contributed by atoms with Crippen LogP contribution >= 0.6 is 0 Å². The second-order valence-electron chi connectivity index (χ2n) is 6.67. The fraction of sp³-hybridized carbons (Fsp3) is 0.667. The molecule has 0 bridgehead atoms. The maximum Gasteiger partial charge on any atom is 0.310 e. The first-order valence-corrected chi connectivity index (χ1v) is 9.72. The zero-order valence-electron chi connectivity index (χ0n) is 15.4. The van der Waals surface area contributed by atoms with Gasteiger partial charge in [-0.1, -0.05) is 83.3 Å². The quantitative estimate of drug-likeness (QED) is 0.271. The first-order valence-electron chi connectivity index (χ1n) is 9.72. The van der Waals surface area contributed by atoms with Gasteiger partial charge in [-0.15, -0.1) is 0 Å². The smallest absolute Gasteiger partial charge is 0.310 e. The lowest BCUT2D eigenvalue weighted by Gasteiger charge is -2.06. The lowest BCUT2D eigenvalue weighted by atomic mass is 10.1. The van der Waals surface area contributed by atoms with Crippen LogP contribution in [0.1, 0.15) is 83.1 Å². The van der Waals surface area contributed by atoms with E-state index in [0.717, 1.165) is 18.4 Å². The zero-order chi connectivity index (χ0) is 17.5. The van der Waals surface area contributed by atoms with Crippen LogP contribution in [0.5, 0.6) is 0 Å². The topological polar surface area (TPSA) is 52.3 Å².